The van der Waals surface area contributed by atoms with Crippen LogP contribution in [0.5, 0.6) is 0 Å². The first-order chi connectivity index (χ1) is 9.66. The van der Waals surface area contributed by atoms with Crippen molar-refractivity contribution in [1.82, 2.24) is 9.88 Å². The number of hydrogen-bond donors (Lipinski definition) is 1. The van der Waals surface area contributed by atoms with Crippen molar-refractivity contribution >= 4 is 16.7 Å². The minimum Gasteiger partial charge on any atom is -0.393 e. The molecule has 0 aliphatic carbocycles. The van der Waals surface area contributed by atoms with E-state index < -0.39 is 0 Å². The van der Waals surface area contributed by atoms with E-state index >= 15 is 0 Å². The van der Waals surface area contributed by atoms with Crippen LogP contribution in [0.15, 0.2) is 36.5 Å². The van der Waals surface area contributed by atoms with Gasteiger partial charge in [-0.1, -0.05) is 24.3 Å². The number of benzene rings is 1. The number of likely N-dealkylation sites (tertiary alicyclic amines) is 1. The standard InChI is InChI=1S/C16H18N2O2/c1-11(19)13-7-9-18(10-13)16(20)15-14-5-3-2-4-12(14)6-8-17-15/h2-6,8,11,13,19H,7,9-10H2,1H3. The average Bonchev–Trinajstić information content (AvgIpc) is 2.96. The first kappa shape index (κ1) is 13.1. The second-order valence-corrected chi connectivity index (χ2v) is 5.42. The minimum absolute atomic E-state index is 0.0371. The molecule has 20 heavy (non-hydrogen) atoms. The van der Waals surface area contributed by atoms with Crippen molar-refractivity contribution in [1.29, 1.82) is 0 Å². The number of pyridine rings is 1. The lowest BCUT2D eigenvalue weighted by molar-refractivity contribution is 0.0759. The summed E-state index contributed by atoms with van der Waals surface area (Å²) in [6.07, 6.45) is 2.17. The van der Waals surface area contributed by atoms with Crippen LogP contribution in [0.2, 0.25) is 0 Å². The van der Waals surface area contributed by atoms with Crippen molar-refractivity contribution in [2.45, 2.75) is 19.4 Å². The van der Waals surface area contributed by atoms with Gasteiger partial charge in [0, 0.05) is 30.6 Å². The summed E-state index contributed by atoms with van der Waals surface area (Å²) in [5.41, 5.74) is 0.509. The summed E-state index contributed by atoms with van der Waals surface area (Å²) in [6.45, 7) is 3.09. The van der Waals surface area contributed by atoms with Gasteiger partial charge in [0.1, 0.15) is 5.69 Å². The lowest BCUT2D eigenvalue weighted by atomic mass is 10.0. The van der Waals surface area contributed by atoms with Gasteiger partial charge in [0.15, 0.2) is 0 Å². The maximum atomic E-state index is 12.6. The summed E-state index contributed by atoms with van der Waals surface area (Å²) in [6, 6.07) is 9.70. The van der Waals surface area contributed by atoms with Crippen molar-refractivity contribution in [3.63, 3.8) is 0 Å². The van der Waals surface area contributed by atoms with Crippen LogP contribution in [0.4, 0.5) is 0 Å². The molecule has 0 spiro atoms. The summed E-state index contributed by atoms with van der Waals surface area (Å²) in [7, 11) is 0. The largest absolute Gasteiger partial charge is 0.393 e. The maximum absolute atomic E-state index is 12.6. The molecule has 0 bridgehead atoms. The third-order valence-corrected chi connectivity index (χ3v) is 4.07. The van der Waals surface area contributed by atoms with E-state index in [1.165, 1.54) is 0 Å². The van der Waals surface area contributed by atoms with E-state index in [0.717, 1.165) is 17.2 Å². The summed E-state index contributed by atoms with van der Waals surface area (Å²) in [4.78, 5) is 18.7. The average molecular weight is 270 g/mol. The number of carbonyl (C=O) groups is 1. The number of aromatic nitrogens is 1. The summed E-state index contributed by atoms with van der Waals surface area (Å²) in [5, 5.41) is 11.6. The zero-order valence-corrected chi connectivity index (χ0v) is 11.5. The van der Waals surface area contributed by atoms with Gasteiger partial charge in [0.2, 0.25) is 0 Å². The predicted octanol–water partition coefficient (Wildman–Crippen LogP) is 2.08. The fourth-order valence-corrected chi connectivity index (χ4v) is 2.81. The van der Waals surface area contributed by atoms with Crippen molar-refractivity contribution in [3.8, 4) is 0 Å². The molecule has 1 aliphatic heterocycles. The molecule has 1 aromatic carbocycles. The van der Waals surface area contributed by atoms with E-state index in [4.69, 9.17) is 0 Å². The zero-order chi connectivity index (χ0) is 14.1. The molecular formula is C16H18N2O2. The Balaban J connectivity index is 1.90. The van der Waals surface area contributed by atoms with Crippen LogP contribution in [0.1, 0.15) is 23.8 Å². The Hall–Kier alpha value is -1.94. The first-order valence-electron chi connectivity index (χ1n) is 6.98. The molecule has 2 atom stereocenters. The first-order valence-corrected chi connectivity index (χ1v) is 6.98. The second kappa shape index (κ2) is 5.21. The van der Waals surface area contributed by atoms with Crippen LogP contribution in [-0.4, -0.2) is 40.1 Å². The van der Waals surface area contributed by atoms with Crippen molar-refractivity contribution < 1.29 is 9.90 Å². The van der Waals surface area contributed by atoms with E-state index in [2.05, 4.69) is 4.98 Å². The van der Waals surface area contributed by atoms with Gasteiger partial charge in [0.25, 0.3) is 5.91 Å². The number of rotatable bonds is 2. The number of amides is 1. The van der Waals surface area contributed by atoms with Gasteiger partial charge >= 0.3 is 0 Å². The molecule has 104 valence electrons. The van der Waals surface area contributed by atoms with Crippen LogP contribution in [0, 0.1) is 5.92 Å². The highest BCUT2D eigenvalue weighted by Gasteiger charge is 2.30. The van der Waals surface area contributed by atoms with E-state index in [1.54, 1.807) is 18.0 Å². The Bertz CT molecular complexity index is 634. The molecule has 1 N–H and O–H groups in total. The topological polar surface area (TPSA) is 53.4 Å². The number of nitrogens with zero attached hydrogens (tertiary/aromatic N) is 2. The Morgan fingerprint density at radius 1 is 1.40 bits per heavy atom. The van der Waals surface area contributed by atoms with Gasteiger partial charge in [-0.2, -0.15) is 0 Å². The van der Waals surface area contributed by atoms with E-state index in [1.807, 2.05) is 30.3 Å². The minimum atomic E-state index is -0.367. The molecule has 4 nitrogen and oxygen atoms in total. The lowest BCUT2D eigenvalue weighted by Gasteiger charge is -2.18. The molecule has 1 aromatic heterocycles. The van der Waals surface area contributed by atoms with Gasteiger partial charge < -0.3 is 10.0 Å². The number of aliphatic hydroxyl groups is 1. The number of hydrogen-bond acceptors (Lipinski definition) is 3. The van der Waals surface area contributed by atoms with Gasteiger partial charge in [-0.25, -0.2) is 0 Å². The number of aliphatic hydroxyl groups excluding tert-OH is 1. The van der Waals surface area contributed by atoms with Crippen molar-refractivity contribution in [2.24, 2.45) is 5.92 Å². The van der Waals surface area contributed by atoms with Gasteiger partial charge in [-0.3, -0.25) is 9.78 Å². The second-order valence-electron chi connectivity index (χ2n) is 5.42. The molecule has 3 rings (SSSR count). The lowest BCUT2D eigenvalue weighted by Crippen LogP contribution is -2.31. The Kier molecular flexibility index (Phi) is 3.40. The van der Waals surface area contributed by atoms with Crippen LogP contribution >= 0.6 is 0 Å². The third kappa shape index (κ3) is 2.27. The number of fused-ring (bicyclic) bond motifs is 1. The Morgan fingerprint density at radius 2 is 2.20 bits per heavy atom. The molecule has 1 amide bonds. The van der Waals surface area contributed by atoms with Crippen LogP contribution < -0.4 is 0 Å². The molecule has 2 heterocycles. The fourth-order valence-electron chi connectivity index (χ4n) is 2.81. The highest BCUT2D eigenvalue weighted by atomic mass is 16.3. The van der Waals surface area contributed by atoms with Crippen molar-refractivity contribution in [3.05, 3.63) is 42.2 Å². The summed E-state index contributed by atoms with van der Waals surface area (Å²) < 4.78 is 0. The normalized spacial score (nSPS) is 20.3. The zero-order valence-electron chi connectivity index (χ0n) is 11.5. The third-order valence-electron chi connectivity index (χ3n) is 4.07. The van der Waals surface area contributed by atoms with E-state index in [-0.39, 0.29) is 17.9 Å². The van der Waals surface area contributed by atoms with Crippen LogP contribution in [-0.2, 0) is 0 Å². The molecule has 0 saturated carbocycles. The highest BCUT2D eigenvalue weighted by molar-refractivity contribution is 6.05. The van der Waals surface area contributed by atoms with Gasteiger partial charge in [-0.05, 0) is 24.8 Å². The maximum Gasteiger partial charge on any atom is 0.273 e. The van der Waals surface area contributed by atoms with Gasteiger partial charge in [-0.15, -0.1) is 0 Å². The molecule has 1 aliphatic rings. The molecule has 1 saturated heterocycles. The Morgan fingerprint density at radius 3 is 2.95 bits per heavy atom. The quantitative estimate of drug-likeness (QED) is 0.909. The molecule has 2 unspecified atom stereocenters. The molecule has 0 radical (unpaired) electrons. The fraction of sp³-hybridized carbons (Fsp3) is 0.375. The summed E-state index contributed by atoms with van der Waals surface area (Å²) in [5.74, 6) is 0.138. The SMILES string of the molecule is CC(O)C1CCN(C(=O)c2nccc3ccccc23)C1. The predicted molar refractivity (Wildman–Crippen MR) is 77.4 cm³/mol. The highest BCUT2D eigenvalue weighted by Crippen LogP contribution is 2.23. The van der Waals surface area contributed by atoms with Gasteiger partial charge in [0.05, 0.1) is 6.10 Å². The molecule has 2 aromatic rings. The van der Waals surface area contributed by atoms with E-state index in [0.29, 0.717) is 18.8 Å². The Labute approximate surface area is 118 Å². The van der Waals surface area contributed by atoms with Crippen LogP contribution in [0.3, 0.4) is 0 Å². The molecular weight excluding hydrogens is 252 g/mol. The summed E-state index contributed by atoms with van der Waals surface area (Å²) >= 11 is 0. The van der Waals surface area contributed by atoms with E-state index in [9.17, 15) is 9.90 Å². The molecule has 4 heteroatoms. The smallest absolute Gasteiger partial charge is 0.273 e. The monoisotopic (exact) mass is 270 g/mol. The molecule has 1 fully saturated rings. The van der Waals surface area contributed by atoms with Crippen LogP contribution in [0.25, 0.3) is 10.8 Å². The number of carbonyl (C=O) groups excluding carboxylic acids is 1. The van der Waals surface area contributed by atoms with Crippen molar-refractivity contribution in [2.75, 3.05) is 13.1 Å².